The molecule has 0 saturated carbocycles. The van der Waals surface area contributed by atoms with Crippen LogP contribution in [0.3, 0.4) is 0 Å². The van der Waals surface area contributed by atoms with Crippen LogP contribution in [-0.4, -0.2) is 30.1 Å². The van der Waals surface area contributed by atoms with Gasteiger partial charge in [0.25, 0.3) is 0 Å². The molecule has 0 amide bonds. The fourth-order valence-corrected chi connectivity index (χ4v) is 2.76. The first-order valence-corrected chi connectivity index (χ1v) is 7.27. The molecule has 1 N–H and O–H groups in total. The Kier molecular flexibility index (Phi) is 4.76. The van der Waals surface area contributed by atoms with Crippen molar-refractivity contribution >= 4 is 15.9 Å². The van der Waals surface area contributed by atoms with Crippen LogP contribution in [0.25, 0.3) is 0 Å². The van der Waals surface area contributed by atoms with Gasteiger partial charge in [-0.15, -0.1) is 0 Å². The number of rotatable bonds is 4. The second kappa shape index (κ2) is 6.13. The maximum atomic E-state index is 13.6. The third-order valence-corrected chi connectivity index (χ3v) is 4.03. The Labute approximate surface area is 117 Å². The van der Waals surface area contributed by atoms with Crippen LogP contribution in [-0.2, 0) is 6.54 Å². The third kappa shape index (κ3) is 3.53. The predicted octanol–water partition coefficient (Wildman–Crippen LogP) is 3.16. The molecule has 2 nitrogen and oxygen atoms in total. The first-order valence-electron chi connectivity index (χ1n) is 6.47. The van der Waals surface area contributed by atoms with Gasteiger partial charge in [0.2, 0.25) is 0 Å². The summed E-state index contributed by atoms with van der Waals surface area (Å²) in [7, 11) is 0. The highest BCUT2D eigenvalue weighted by molar-refractivity contribution is 9.10. The molecular formula is C14H20BrFN2. The van der Waals surface area contributed by atoms with Gasteiger partial charge in [-0.05, 0) is 45.0 Å². The van der Waals surface area contributed by atoms with Gasteiger partial charge in [-0.1, -0.05) is 15.9 Å². The van der Waals surface area contributed by atoms with Crippen molar-refractivity contribution in [3.8, 4) is 0 Å². The van der Waals surface area contributed by atoms with Gasteiger partial charge >= 0.3 is 0 Å². The monoisotopic (exact) mass is 314 g/mol. The third-order valence-electron chi connectivity index (χ3n) is 3.54. The quantitative estimate of drug-likeness (QED) is 0.918. The minimum atomic E-state index is -0.135. The minimum absolute atomic E-state index is 0.135. The van der Waals surface area contributed by atoms with Crippen molar-refractivity contribution in [2.75, 3.05) is 13.1 Å². The van der Waals surface area contributed by atoms with Gasteiger partial charge in [-0.25, -0.2) is 4.39 Å². The van der Waals surface area contributed by atoms with E-state index in [2.05, 4.69) is 40.0 Å². The Bertz CT molecular complexity index is 409. The molecule has 1 fully saturated rings. The van der Waals surface area contributed by atoms with Gasteiger partial charge in [0, 0.05) is 35.2 Å². The van der Waals surface area contributed by atoms with E-state index < -0.39 is 0 Å². The molecule has 1 saturated heterocycles. The highest BCUT2D eigenvalue weighted by Gasteiger charge is 2.23. The van der Waals surface area contributed by atoms with Crippen LogP contribution < -0.4 is 5.32 Å². The molecule has 100 valence electrons. The van der Waals surface area contributed by atoms with Crippen molar-refractivity contribution in [1.82, 2.24) is 10.2 Å². The summed E-state index contributed by atoms with van der Waals surface area (Å²) in [6.07, 6.45) is 1.15. The molecular weight excluding hydrogens is 295 g/mol. The number of nitrogens with one attached hydrogen (secondary N) is 1. The Morgan fingerprint density at radius 3 is 2.94 bits per heavy atom. The molecule has 1 aromatic carbocycles. The van der Waals surface area contributed by atoms with Gasteiger partial charge in [0.05, 0.1) is 0 Å². The van der Waals surface area contributed by atoms with Crippen molar-refractivity contribution in [2.24, 2.45) is 0 Å². The zero-order valence-corrected chi connectivity index (χ0v) is 12.5. The molecule has 4 heteroatoms. The zero-order chi connectivity index (χ0) is 13.1. The Morgan fingerprint density at radius 2 is 2.28 bits per heavy atom. The van der Waals surface area contributed by atoms with Crippen molar-refractivity contribution in [1.29, 1.82) is 0 Å². The minimum Gasteiger partial charge on any atom is -0.308 e. The SMILES string of the molecule is CC(C)N1CCC(NCc2cc(Br)ccc2F)C1. The second-order valence-corrected chi connectivity index (χ2v) is 6.11. The van der Waals surface area contributed by atoms with Crippen molar-refractivity contribution in [3.63, 3.8) is 0 Å². The summed E-state index contributed by atoms with van der Waals surface area (Å²) in [5, 5.41) is 3.45. The summed E-state index contributed by atoms with van der Waals surface area (Å²) in [6, 6.07) is 6.16. The van der Waals surface area contributed by atoms with E-state index in [-0.39, 0.29) is 5.82 Å². The van der Waals surface area contributed by atoms with E-state index in [0.717, 1.165) is 29.5 Å². The van der Waals surface area contributed by atoms with Crippen LogP contribution in [0.1, 0.15) is 25.8 Å². The zero-order valence-electron chi connectivity index (χ0n) is 10.9. The molecule has 0 spiro atoms. The van der Waals surface area contributed by atoms with Crippen molar-refractivity contribution in [3.05, 3.63) is 34.1 Å². The summed E-state index contributed by atoms with van der Waals surface area (Å²) >= 11 is 3.38. The number of nitrogens with zero attached hydrogens (tertiary/aromatic N) is 1. The topological polar surface area (TPSA) is 15.3 Å². The number of benzene rings is 1. The molecule has 2 rings (SSSR count). The van der Waals surface area contributed by atoms with Gasteiger partial charge in [-0.3, -0.25) is 4.90 Å². The number of hydrogen-bond donors (Lipinski definition) is 1. The Balaban J connectivity index is 1.87. The van der Waals surface area contributed by atoms with E-state index in [1.165, 1.54) is 6.07 Å². The van der Waals surface area contributed by atoms with Crippen LogP contribution in [0.5, 0.6) is 0 Å². The van der Waals surface area contributed by atoms with E-state index >= 15 is 0 Å². The fraction of sp³-hybridized carbons (Fsp3) is 0.571. The van der Waals surface area contributed by atoms with Crippen molar-refractivity contribution in [2.45, 2.75) is 38.9 Å². The number of hydrogen-bond acceptors (Lipinski definition) is 2. The lowest BCUT2D eigenvalue weighted by molar-refractivity contribution is 0.268. The first-order chi connectivity index (χ1) is 8.56. The van der Waals surface area contributed by atoms with Gasteiger partial charge in [0.1, 0.15) is 5.82 Å². The largest absolute Gasteiger partial charge is 0.308 e. The number of halogens is 2. The molecule has 1 heterocycles. The molecule has 0 bridgehead atoms. The van der Waals surface area contributed by atoms with E-state index in [4.69, 9.17) is 0 Å². The summed E-state index contributed by atoms with van der Waals surface area (Å²) < 4.78 is 14.5. The molecule has 1 aliphatic rings. The van der Waals surface area contributed by atoms with Gasteiger partial charge in [-0.2, -0.15) is 0 Å². The van der Waals surface area contributed by atoms with Gasteiger partial charge < -0.3 is 5.32 Å². The lowest BCUT2D eigenvalue weighted by atomic mass is 10.2. The first kappa shape index (κ1) is 14.0. The summed E-state index contributed by atoms with van der Waals surface area (Å²) in [5.74, 6) is -0.135. The summed E-state index contributed by atoms with van der Waals surface area (Å²) in [5.41, 5.74) is 0.729. The van der Waals surface area contributed by atoms with Gasteiger partial charge in [0.15, 0.2) is 0 Å². The summed E-state index contributed by atoms with van der Waals surface area (Å²) in [4.78, 5) is 2.45. The molecule has 1 aliphatic heterocycles. The molecule has 1 atom stereocenters. The van der Waals surface area contributed by atoms with E-state index in [0.29, 0.717) is 18.6 Å². The maximum absolute atomic E-state index is 13.6. The molecule has 0 aliphatic carbocycles. The van der Waals surface area contributed by atoms with Crippen LogP contribution in [0, 0.1) is 5.82 Å². The lowest BCUT2D eigenvalue weighted by Crippen LogP contribution is -2.34. The lowest BCUT2D eigenvalue weighted by Gasteiger charge is -2.20. The van der Waals surface area contributed by atoms with E-state index in [9.17, 15) is 4.39 Å². The van der Waals surface area contributed by atoms with Crippen LogP contribution in [0.15, 0.2) is 22.7 Å². The maximum Gasteiger partial charge on any atom is 0.127 e. The number of likely N-dealkylation sites (tertiary alicyclic amines) is 1. The van der Waals surface area contributed by atoms with E-state index in [1.54, 1.807) is 6.07 Å². The average molecular weight is 315 g/mol. The van der Waals surface area contributed by atoms with E-state index in [1.807, 2.05) is 6.07 Å². The normalized spacial score (nSPS) is 20.8. The standard InChI is InChI=1S/C14H20BrFN2/c1-10(2)18-6-5-13(9-18)17-8-11-7-12(15)3-4-14(11)16/h3-4,7,10,13,17H,5-6,8-9H2,1-2H3. The van der Waals surface area contributed by atoms with Crippen LogP contribution >= 0.6 is 15.9 Å². The molecule has 1 unspecified atom stereocenters. The van der Waals surface area contributed by atoms with Crippen molar-refractivity contribution < 1.29 is 4.39 Å². The highest BCUT2D eigenvalue weighted by Crippen LogP contribution is 2.17. The highest BCUT2D eigenvalue weighted by atomic mass is 79.9. The summed E-state index contributed by atoms with van der Waals surface area (Å²) in [6.45, 7) is 7.23. The van der Waals surface area contributed by atoms with Crippen LogP contribution in [0.2, 0.25) is 0 Å². The average Bonchev–Trinajstić information content (AvgIpc) is 2.79. The Hall–Kier alpha value is -0.450. The predicted molar refractivity (Wildman–Crippen MR) is 76.1 cm³/mol. The molecule has 0 aromatic heterocycles. The molecule has 1 aromatic rings. The smallest absolute Gasteiger partial charge is 0.127 e. The molecule has 18 heavy (non-hydrogen) atoms. The molecule has 0 radical (unpaired) electrons. The van der Waals surface area contributed by atoms with Crippen LogP contribution in [0.4, 0.5) is 4.39 Å². The second-order valence-electron chi connectivity index (χ2n) is 5.19. The fourth-order valence-electron chi connectivity index (χ4n) is 2.36. The Morgan fingerprint density at radius 1 is 1.50 bits per heavy atom.